The van der Waals surface area contributed by atoms with Crippen molar-refractivity contribution in [2.45, 2.75) is 0 Å². The van der Waals surface area contributed by atoms with Gasteiger partial charge in [0.2, 0.25) is 0 Å². The molecule has 0 spiro atoms. The van der Waals surface area contributed by atoms with Crippen LogP contribution in [0, 0.1) is 5.41 Å². The Hall–Kier alpha value is 0.538. The molecule has 0 rings (SSSR count). The fourth-order valence-corrected chi connectivity index (χ4v) is 0.300. The van der Waals surface area contributed by atoms with E-state index < -0.39 is 31.8 Å². The standard InChI is InChI=1S/C5H12O4.3H2O.Sb/c6-1-5(2-7,3-8)4-9;;;;/h6-9H,1-4H2;3*1H2;. The molecule has 0 atom stereocenters. The van der Waals surface area contributed by atoms with E-state index >= 15 is 0 Å². The van der Waals surface area contributed by atoms with Crippen LogP contribution in [0.4, 0.5) is 0 Å². The summed E-state index contributed by atoms with van der Waals surface area (Å²) < 4.78 is 0. The Morgan fingerprint density at radius 2 is 0.769 bits per heavy atom. The molecule has 0 bridgehead atoms. The Morgan fingerprint density at radius 3 is 0.769 bits per heavy atom. The van der Waals surface area contributed by atoms with Crippen molar-refractivity contribution >= 4 is 24.4 Å². The number of hydrogen-bond acceptors (Lipinski definition) is 4. The summed E-state index contributed by atoms with van der Waals surface area (Å²) in [6, 6.07) is 0. The van der Waals surface area contributed by atoms with E-state index in [-0.39, 0.29) is 40.9 Å². The van der Waals surface area contributed by atoms with Gasteiger partial charge in [0, 0.05) is 24.4 Å². The third kappa shape index (κ3) is 8.86. The van der Waals surface area contributed by atoms with Crippen molar-refractivity contribution in [2.75, 3.05) is 26.4 Å². The molecule has 0 saturated carbocycles. The maximum Gasteiger partial charge on any atom is 0.0627 e. The zero-order valence-electron chi connectivity index (χ0n) is 7.06. The van der Waals surface area contributed by atoms with Gasteiger partial charge in [-0.05, 0) is 0 Å². The molecule has 0 aromatic heterocycles. The number of hydrogen-bond donors (Lipinski definition) is 4. The first-order valence-electron chi connectivity index (χ1n) is 2.68. The largest absolute Gasteiger partial charge is 0.412 e. The smallest absolute Gasteiger partial charge is 0.0627 e. The van der Waals surface area contributed by atoms with Gasteiger partial charge in [0.1, 0.15) is 0 Å². The molecule has 7 nitrogen and oxygen atoms in total. The first kappa shape index (κ1) is 29.2. The van der Waals surface area contributed by atoms with Crippen LogP contribution in [0.5, 0.6) is 0 Å². The van der Waals surface area contributed by atoms with Crippen LogP contribution in [0.2, 0.25) is 0 Å². The van der Waals surface area contributed by atoms with Crippen LogP contribution in [-0.2, 0) is 0 Å². The van der Waals surface area contributed by atoms with Crippen molar-refractivity contribution in [3.8, 4) is 0 Å². The SMILES string of the molecule is O.O.O.OCC(CO)(CO)CO.[Sb]. The predicted molar refractivity (Wildman–Crippen MR) is 47.4 cm³/mol. The quantitative estimate of drug-likeness (QED) is 0.381. The van der Waals surface area contributed by atoms with E-state index in [1.54, 1.807) is 0 Å². The van der Waals surface area contributed by atoms with Gasteiger partial charge in [-0.2, -0.15) is 0 Å². The van der Waals surface area contributed by atoms with E-state index in [2.05, 4.69) is 0 Å². The summed E-state index contributed by atoms with van der Waals surface area (Å²) in [5, 5.41) is 34.0. The van der Waals surface area contributed by atoms with Gasteiger partial charge in [-0.15, -0.1) is 0 Å². The van der Waals surface area contributed by atoms with Crippen molar-refractivity contribution < 1.29 is 36.9 Å². The van der Waals surface area contributed by atoms with Gasteiger partial charge in [-0.1, -0.05) is 0 Å². The van der Waals surface area contributed by atoms with E-state index in [0.29, 0.717) is 0 Å². The van der Waals surface area contributed by atoms with Gasteiger partial charge in [-0.3, -0.25) is 0 Å². The zero-order valence-corrected chi connectivity index (χ0v) is 9.62. The number of rotatable bonds is 4. The Labute approximate surface area is 93.4 Å². The Bertz CT molecular complexity index is 59.8. The molecule has 0 aliphatic heterocycles. The second-order valence-electron chi connectivity index (χ2n) is 2.13. The first-order valence-corrected chi connectivity index (χ1v) is 2.68. The second-order valence-corrected chi connectivity index (χ2v) is 2.13. The summed E-state index contributed by atoms with van der Waals surface area (Å²) in [6.07, 6.45) is 0. The van der Waals surface area contributed by atoms with E-state index in [0.717, 1.165) is 0 Å². The van der Waals surface area contributed by atoms with E-state index in [1.807, 2.05) is 0 Å². The molecule has 0 aromatic carbocycles. The van der Waals surface area contributed by atoms with Gasteiger partial charge in [0.05, 0.1) is 31.8 Å². The Kier molecular flexibility index (Phi) is 33.8. The normalized spacial score (nSPS) is 8.31. The molecule has 8 heteroatoms. The van der Waals surface area contributed by atoms with Gasteiger partial charge in [0.15, 0.2) is 0 Å². The number of aliphatic hydroxyl groups excluding tert-OH is 4. The van der Waals surface area contributed by atoms with Crippen LogP contribution in [-0.4, -0.2) is 87.7 Å². The van der Waals surface area contributed by atoms with Crippen LogP contribution in [0.15, 0.2) is 0 Å². The molecule has 13 heavy (non-hydrogen) atoms. The van der Waals surface area contributed by atoms with Crippen molar-refractivity contribution in [2.24, 2.45) is 5.41 Å². The maximum absolute atomic E-state index is 8.50. The summed E-state index contributed by atoms with van der Waals surface area (Å²) in [5.74, 6) is 0. The molecule has 0 saturated heterocycles. The zero-order chi connectivity index (χ0) is 7.33. The van der Waals surface area contributed by atoms with Crippen LogP contribution >= 0.6 is 0 Å². The third-order valence-electron chi connectivity index (χ3n) is 1.34. The Morgan fingerprint density at radius 1 is 0.615 bits per heavy atom. The van der Waals surface area contributed by atoms with Gasteiger partial charge < -0.3 is 36.9 Å². The summed E-state index contributed by atoms with van der Waals surface area (Å²) in [7, 11) is 0. The first-order chi connectivity index (χ1) is 4.24. The van der Waals surface area contributed by atoms with Crippen LogP contribution in [0.1, 0.15) is 0 Å². The third-order valence-corrected chi connectivity index (χ3v) is 1.34. The second kappa shape index (κ2) is 15.0. The Balaban J connectivity index is -0.0000000533. The molecule has 0 unspecified atom stereocenters. The fourth-order valence-electron chi connectivity index (χ4n) is 0.300. The minimum absolute atomic E-state index is 0. The molecule has 85 valence electrons. The van der Waals surface area contributed by atoms with Gasteiger partial charge in [0.25, 0.3) is 0 Å². The maximum atomic E-state index is 8.50. The summed E-state index contributed by atoms with van der Waals surface area (Å²) in [5.41, 5.74) is -1.11. The van der Waals surface area contributed by atoms with Crippen molar-refractivity contribution in [1.82, 2.24) is 0 Å². The van der Waals surface area contributed by atoms with E-state index in [4.69, 9.17) is 20.4 Å². The molecule has 3 radical (unpaired) electrons. The average molecular weight is 312 g/mol. The van der Waals surface area contributed by atoms with Crippen LogP contribution < -0.4 is 0 Å². The van der Waals surface area contributed by atoms with Crippen molar-refractivity contribution in [3.05, 3.63) is 0 Å². The molecule has 10 N–H and O–H groups in total. The van der Waals surface area contributed by atoms with Crippen LogP contribution in [0.3, 0.4) is 0 Å². The number of aliphatic hydroxyl groups is 4. The molecule has 0 heterocycles. The van der Waals surface area contributed by atoms with Crippen LogP contribution in [0.25, 0.3) is 0 Å². The van der Waals surface area contributed by atoms with Crippen molar-refractivity contribution in [3.63, 3.8) is 0 Å². The molecular weight excluding hydrogens is 294 g/mol. The van der Waals surface area contributed by atoms with Crippen molar-refractivity contribution in [1.29, 1.82) is 0 Å². The fraction of sp³-hybridized carbons (Fsp3) is 1.00. The van der Waals surface area contributed by atoms with Gasteiger partial charge >= 0.3 is 0 Å². The molecule has 0 aliphatic carbocycles. The van der Waals surface area contributed by atoms with E-state index in [9.17, 15) is 0 Å². The van der Waals surface area contributed by atoms with E-state index in [1.165, 1.54) is 0 Å². The predicted octanol–water partition coefficient (Wildman–Crippen LogP) is -4.91. The average Bonchev–Trinajstić information content (AvgIpc) is 1.95. The topological polar surface area (TPSA) is 175 Å². The minimum atomic E-state index is -1.11. The molecule has 0 aliphatic rings. The molecule has 0 amide bonds. The monoisotopic (exact) mass is 311 g/mol. The molecule has 0 aromatic rings. The minimum Gasteiger partial charge on any atom is -0.412 e. The molecule has 0 fully saturated rings. The summed E-state index contributed by atoms with van der Waals surface area (Å²) >= 11 is 0. The summed E-state index contributed by atoms with van der Waals surface area (Å²) in [4.78, 5) is 0. The summed E-state index contributed by atoms with van der Waals surface area (Å²) in [6.45, 7) is -1.62. The van der Waals surface area contributed by atoms with Gasteiger partial charge in [-0.25, -0.2) is 0 Å². The molecular formula is C5H18O7Sb.